The van der Waals surface area contributed by atoms with Gasteiger partial charge in [0.15, 0.2) is 0 Å². The first-order valence-corrected chi connectivity index (χ1v) is 10.1. The second-order valence-electron chi connectivity index (χ2n) is 6.43. The van der Waals surface area contributed by atoms with Crippen LogP contribution in [0, 0.1) is 19.3 Å². The van der Waals surface area contributed by atoms with E-state index in [4.69, 9.17) is 6.42 Å². The van der Waals surface area contributed by atoms with E-state index in [2.05, 4.69) is 16.6 Å². The number of amides is 3. The minimum absolute atomic E-state index is 0.0881. The highest BCUT2D eigenvalue weighted by atomic mass is 32.2. The van der Waals surface area contributed by atoms with Crippen LogP contribution in [0.3, 0.4) is 0 Å². The highest BCUT2D eigenvalue weighted by Gasteiger charge is 2.14. The Balaban J connectivity index is 1.72. The second-order valence-corrected chi connectivity index (χ2v) is 7.42. The van der Waals surface area contributed by atoms with Gasteiger partial charge in [-0.1, -0.05) is 24.1 Å². The Labute approximate surface area is 175 Å². The highest BCUT2D eigenvalue weighted by Crippen LogP contribution is 2.11. The lowest BCUT2D eigenvalue weighted by molar-refractivity contribution is -0.131. The van der Waals surface area contributed by atoms with Gasteiger partial charge < -0.3 is 15.5 Å². The number of anilines is 2. The van der Waals surface area contributed by atoms with E-state index in [1.54, 1.807) is 31.3 Å². The van der Waals surface area contributed by atoms with Crippen LogP contribution >= 0.6 is 11.8 Å². The van der Waals surface area contributed by atoms with Crippen LogP contribution in [-0.2, 0) is 14.4 Å². The lowest BCUT2D eigenvalue weighted by Gasteiger charge is -2.16. The van der Waals surface area contributed by atoms with Crippen molar-refractivity contribution in [2.75, 3.05) is 35.7 Å². The zero-order valence-electron chi connectivity index (χ0n) is 16.4. The summed E-state index contributed by atoms with van der Waals surface area (Å²) in [7, 11) is 1.55. The third kappa shape index (κ3) is 7.72. The number of likely N-dealkylation sites (N-methyl/N-ethyl adjacent to an activating group) is 1. The smallest absolute Gasteiger partial charge is 0.243 e. The molecule has 7 heteroatoms. The SMILES string of the molecule is C#Cc1cccc(NC(=O)CN(C)C(=O)CSCC(=O)Nc2cccc(C)c2)c1. The summed E-state index contributed by atoms with van der Waals surface area (Å²) < 4.78 is 0. The molecule has 150 valence electrons. The fourth-order valence-corrected chi connectivity index (χ4v) is 3.21. The van der Waals surface area contributed by atoms with Crippen LogP contribution in [0.25, 0.3) is 0 Å². The van der Waals surface area contributed by atoms with Crippen LogP contribution < -0.4 is 10.6 Å². The van der Waals surface area contributed by atoms with E-state index in [1.807, 2.05) is 31.2 Å². The molecule has 29 heavy (non-hydrogen) atoms. The van der Waals surface area contributed by atoms with Crippen molar-refractivity contribution >= 4 is 40.9 Å². The Morgan fingerprint density at radius 3 is 2.34 bits per heavy atom. The summed E-state index contributed by atoms with van der Waals surface area (Å²) in [6, 6.07) is 14.4. The number of thioether (sulfide) groups is 1. The summed E-state index contributed by atoms with van der Waals surface area (Å²) in [6.07, 6.45) is 5.34. The number of nitrogens with zero attached hydrogens (tertiary/aromatic N) is 1. The minimum Gasteiger partial charge on any atom is -0.336 e. The van der Waals surface area contributed by atoms with Crippen molar-refractivity contribution in [2.24, 2.45) is 0 Å². The number of rotatable bonds is 8. The molecule has 0 aliphatic heterocycles. The second kappa shape index (κ2) is 10.9. The van der Waals surface area contributed by atoms with Crippen LogP contribution in [0.1, 0.15) is 11.1 Å². The number of aryl methyl sites for hydroxylation is 1. The molecule has 0 spiro atoms. The number of hydrogen-bond acceptors (Lipinski definition) is 4. The monoisotopic (exact) mass is 409 g/mol. The maximum Gasteiger partial charge on any atom is 0.243 e. The molecule has 2 N–H and O–H groups in total. The van der Waals surface area contributed by atoms with Crippen molar-refractivity contribution in [1.82, 2.24) is 4.90 Å². The number of carbonyl (C=O) groups excluding carboxylic acids is 3. The molecule has 0 atom stereocenters. The molecule has 6 nitrogen and oxygen atoms in total. The molecule has 0 fully saturated rings. The van der Waals surface area contributed by atoms with Crippen LogP contribution in [0.4, 0.5) is 11.4 Å². The molecule has 3 amide bonds. The number of benzene rings is 2. The van der Waals surface area contributed by atoms with E-state index in [0.717, 1.165) is 11.3 Å². The van der Waals surface area contributed by atoms with Crippen molar-refractivity contribution in [3.63, 3.8) is 0 Å². The highest BCUT2D eigenvalue weighted by molar-refractivity contribution is 8.00. The summed E-state index contributed by atoms with van der Waals surface area (Å²) in [5.41, 5.74) is 3.02. The van der Waals surface area contributed by atoms with Gasteiger partial charge in [-0.3, -0.25) is 14.4 Å². The first kappa shape index (κ1) is 22.1. The van der Waals surface area contributed by atoms with Gasteiger partial charge in [-0.15, -0.1) is 18.2 Å². The van der Waals surface area contributed by atoms with Gasteiger partial charge >= 0.3 is 0 Å². The number of carbonyl (C=O) groups is 3. The van der Waals surface area contributed by atoms with E-state index in [1.165, 1.54) is 16.7 Å². The predicted octanol–water partition coefficient (Wildman–Crippen LogP) is 2.75. The van der Waals surface area contributed by atoms with Crippen molar-refractivity contribution in [1.29, 1.82) is 0 Å². The lowest BCUT2D eigenvalue weighted by atomic mass is 10.2. The Morgan fingerprint density at radius 2 is 1.66 bits per heavy atom. The Morgan fingerprint density at radius 1 is 1.00 bits per heavy atom. The first-order valence-electron chi connectivity index (χ1n) is 8.92. The summed E-state index contributed by atoms with van der Waals surface area (Å²) in [5.74, 6) is 2.03. The standard InChI is InChI=1S/C22H23N3O3S/c1-4-17-8-6-10-19(12-17)23-20(26)13-25(3)22(28)15-29-14-21(27)24-18-9-5-7-16(2)11-18/h1,5-12H,13-15H2,2-3H3,(H,23,26)(H,24,27). The molecule has 0 aliphatic rings. The average Bonchev–Trinajstić information content (AvgIpc) is 2.67. The van der Waals surface area contributed by atoms with Crippen LogP contribution in [0.15, 0.2) is 48.5 Å². The van der Waals surface area contributed by atoms with Gasteiger partial charge in [-0.2, -0.15) is 0 Å². The zero-order chi connectivity index (χ0) is 21.2. The topological polar surface area (TPSA) is 78.5 Å². The summed E-state index contributed by atoms with van der Waals surface area (Å²) in [6.45, 7) is 1.86. The van der Waals surface area contributed by atoms with Crippen molar-refractivity contribution in [3.05, 3.63) is 59.7 Å². The van der Waals surface area contributed by atoms with Gasteiger partial charge in [0.2, 0.25) is 17.7 Å². The lowest BCUT2D eigenvalue weighted by Crippen LogP contribution is -2.36. The van der Waals surface area contributed by atoms with E-state index < -0.39 is 0 Å². The molecule has 0 saturated heterocycles. The molecule has 0 radical (unpaired) electrons. The fraction of sp³-hybridized carbons (Fsp3) is 0.227. The summed E-state index contributed by atoms with van der Waals surface area (Å²) in [4.78, 5) is 37.6. The molecule has 0 bridgehead atoms. The van der Waals surface area contributed by atoms with Crippen LogP contribution in [0.5, 0.6) is 0 Å². The molecule has 2 aromatic carbocycles. The molecule has 0 aromatic heterocycles. The predicted molar refractivity (Wildman–Crippen MR) is 118 cm³/mol. The third-order valence-corrected chi connectivity index (χ3v) is 4.80. The van der Waals surface area contributed by atoms with E-state index in [-0.39, 0.29) is 35.8 Å². The largest absolute Gasteiger partial charge is 0.336 e. The molecular formula is C22H23N3O3S. The summed E-state index contributed by atoms with van der Waals surface area (Å²) in [5, 5.41) is 5.50. The van der Waals surface area contributed by atoms with E-state index in [0.29, 0.717) is 11.3 Å². The third-order valence-electron chi connectivity index (χ3n) is 3.88. The summed E-state index contributed by atoms with van der Waals surface area (Å²) >= 11 is 1.20. The van der Waals surface area contributed by atoms with Crippen LogP contribution in [-0.4, -0.2) is 47.7 Å². The van der Waals surface area contributed by atoms with Gasteiger partial charge in [0.1, 0.15) is 0 Å². The van der Waals surface area contributed by atoms with E-state index >= 15 is 0 Å². The number of terminal acetylenes is 1. The minimum atomic E-state index is -0.322. The van der Waals surface area contributed by atoms with Gasteiger partial charge in [0.05, 0.1) is 18.1 Å². The average molecular weight is 410 g/mol. The van der Waals surface area contributed by atoms with Crippen molar-refractivity contribution < 1.29 is 14.4 Å². The maximum atomic E-state index is 12.2. The number of hydrogen-bond donors (Lipinski definition) is 2. The van der Waals surface area contributed by atoms with Gasteiger partial charge in [0.25, 0.3) is 0 Å². The van der Waals surface area contributed by atoms with Crippen LogP contribution in [0.2, 0.25) is 0 Å². The molecule has 2 aromatic rings. The first-order chi connectivity index (χ1) is 13.9. The van der Waals surface area contributed by atoms with Crippen molar-refractivity contribution in [2.45, 2.75) is 6.92 Å². The number of nitrogens with one attached hydrogen (secondary N) is 2. The van der Waals surface area contributed by atoms with Crippen molar-refractivity contribution in [3.8, 4) is 12.3 Å². The maximum absolute atomic E-state index is 12.2. The fourth-order valence-electron chi connectivity index (χ4n) is 2.45. The molecular weight excluding hydrogens is 386 g/mol. The molecule has 0 unspecified atom stereocenters. The van der Waals surface area contributed by atoms with Gasteiger partial charge in [-0.05, 0) is 42.8 Å². The Bertz CT molecular complexity index is 937. The molecule has 2 rings (SSSR count). The normalized spacial score (nSPS) is 9.97. The molecule has 0 heterocycles. The Hall–Kier alpha value is -3.24. The zero-order valence-corrected chi connectivity index (χ0v) is 17.2. The Kier molecular flexibility index (Phi) is 8.31. The quantitative estimate of drug-likeness (QED) is 0.657. The van der Waals surface area contributed by atoms with E-state index in [9.17, 15) is 14.4 Å². The van der Waals surface area contributed by atoms with Gasteiger partial charge in [0, 0.05) is 24.0 Å². The van der Waals surface area contributed by atoms with Gasteiger partial charge in [-0.25, -0.2) is 0 Å². The molecule has 0 saturated carbocycles. The molecule has 0 aliphatic carbocycles.